The zero-order valence-electron chi connectivity index (χ0n) is 11.5. The predicted octanol–water partition coefficient (Wildman–Crippen LogP) is 1.35. The quantitative estimate of drug-likeness (QED) is 0.886. The van der Waals surface area contributed by atoms with Crippen LogP contribution < -0.4 is 5.32 Å². The number of ether oxygens (including phenoxy) is 1. The number of hydrogen-bond donors (Lipinski definition) is 1. The van der Waals surface area contributed by atoms with E-state index in [1.54, 1.807) is 11.3 Å². The molecule has 0 radical (unpaired) electrons. The predicted molar refractivity (Wildman–Crippen MR) is 75.3 cm³/mol. The van der Waals surface area contributed by atoms with E-state index in [-0.39, 0.29) is 11.9 Å². The van der Waals surface area contributed by atoms with Crippen LogP contribution in [0.25, 0.3) is 0 Å². The Bertz CT molecular complexity index is 416. The molecule has 0 aromatic carbocycles. The average Bonchev–Trinajstić information content (AvgIpc) is 2.86. The van der Waals surface area contributed by atoms with Crippen molar-refractivity contribution in [3.8, 4) is 0 Å². The third-order valence-electron chi connectivity index (χ3n) is 3.23. The van der Waals surface area contributed by atoms with E-state index in [0.29, 0.717) is 26.2 Å². The molecule has 0 aliphatic carbocycles. The number of amides is 1. The molecule has 1 aliphatic heterocycles. The molecular weight excluding hydrogens is 262 g/mol. The first-order valence-corrected chi connectivity index (χ1v) is 7.55. The summed E-state index contributed by atoms with van der Waals surface area (Å²) in [6.07, 6.45) is 0.535. The number of aromatic nitrogens is 1. The number of hydrogen-bond acceptors (Lipinski definition) is 5. The highest BCUT2D eigenvalue weighted by Gasteiger charge is 2.16. The van der Waals surface area contributed by atoms with Crippen molar-refractivity contribution in [2.75, 3.05) is 32.8 Å². The molecule has 1 fully saturated rings. The van der Waals surface area contributed by atoms with Gasteiger partial charge in [0.1, 0.15) is 0 Å². The minimum atomic E-state index is 0.197. The summed E-state index contributed by atoms with van der Waals surface area (Å²) in [5, 5.41) is 6.49. The van der Waals surface area contributed by atoms with Crippen LogP contribution in [0.3, 0.4) is 0 Å². The molecular formula is C13H21N3O2S. The summed E-state index contributed by atoms with van der Waals surface area (Å²) in [7, 11) is 0. The second kappa shape index (κ2) is 6.98. The molecule has 6 heteroatoms. The fourth-order valence-electron chi connectivity index (χ4n) is 2.05. The molecule has 19 heavy (non-hydrogen) atoms. The monoisotopic (exact) mass is 283 g/mol. The topological polar surface area (TPSA) is 54.5 Å². The molecule has 1 atom stereocenters. The van der Waals surface area contributed by atoms with Gasteiger partial charge in [0.25, 0.3) is 0 Å². The standard InChI is InChI=1S/C13H21N3O2S/c1-10(12-9-19-11(2)15-12)14-4-3-13(17)16-5-7-18-8-6-16/h9-10,14H,3-8H2,1-2H3. The Kier molecular flexibility index (Phi) is 5.30. The lowest BCUT2D eigenvalue weighted by molar-refractivity contribution is -0.135. The molecule has 1 N–H and O–H groups in total. The zero-order chi connectivity index (χ0) is 13.7. The highest BCUT2D eigenvalue weighted by molar-refractivity contribution is 7.09. The van der Waals surface area contributed by atoms with E-state index in [9.17, 15) is 4.79 Å². The number of thiazole rings is 1. The van der Waals surface area contributed by atoms with Crippen molar-refractivity contribution in [1.29, 1.82) is 0 Å². The number of rotatable bonds is 5. The van der Waals surface area contributed by atoms with Crippen LogP contribution in [0.2, 0.25) is 0 Å². The minimum Gasteiger partial charge on any atom is -0.378 e. The second-order valence-corrected chi connectivity index (χ2v) is 5.77. The summed E-state index contributed by atoms with van der Waals surface area (Å²) in [6, 6.07) is 0.197. The Morgan fingerprint density at radius 1 is 1.58 bits per heavy atom. The van der Waals surface area contributed by atoms with Crippen molar-refractivity contribution >= 4 is 17.2 Å². The second-order valence-electron chi connectivity index (χ2n) is 4.71. The number of nitrogens with zero attached hydrogens (tertiary/aromatic N) is 2. The number of carbonyl (C=O) groups is 1. The number of morpholine rings is 1. The van der Waals surface area contributed by atoms with Gasteiger partial charge in [-0.25, -0.2) is 4.98 Å². The van der Waals surface area contributed by atoms with Crippen LogP contribution in [0.15, 0.2) is 5.38 Å². The summed E-state index contributed by atoms with van der Waals surface area (Å²) >= 11 is 1.66. The molecule has 2 heterocycles. The first-order chi connectivity index (χ1) is 9.16. The first kappa shape index (κ1) is 14.4. The summed E-state index contributed by atoms with van der Waals surface area (Å²) in [6.45, 7) is 7.53. The van der Waals surface area contributed by atoms with E-state index in [1.807, 2.05) is 11.8 Å². The van der Waals surface area contributed by atoms with E-state index in [2.05, 4.69) is 22.6 Å². The van der Waals surface area contributed by atoms with Crippen LogP contribution in [-0.2, 0) is 9.53 Å². The van der Waals surface area contributed by atoms with E-state index < -0.39 is 0 Å². The maximum absolute atomic E-state index is 11.9. The molecule has 1 saturated heterocycles. The number of carbonyl (C=O) groups excluding carboxylic acids is 1. The summed E-state index contributed by atoms with van der Waals surface area (Å²) in [5.41, 5.74) is 1.06. The van der Waals surface area contributed by atoms with E-state index in [4.69, 9.17) is 4.74 Å². The highest BCUT2D eigenvalue weighted by atomic mass is 32.1. The molecule has 1 aliphatic rings. The van der Waals surface area contributed by atoms with Gasteiger partial charge < -0.3 is 15.0 Å². The van der Waals surface area contributed by atoms with Gasteiger partial charge in [-0.1, -0.05) is 0 Å². The smallest absolute Gasteiger partial charge is 0.224 e. The Balaban J connectivity index is 1.69. The third kappa shape index (κ3) is 4.26. The van der Waals surface area contributed by atoms with E-state index in [0.717, 1.165) is 23.8 Å². The van der Waals surface area contributed by atoms with Crippen LogP contribution in [-0.4, -0.2) is 48.6 Å². The van der Waals surface area contributed by atoms with Gasteiger partial charge in [0, 0.05) is 37.5 Å². The SMILES string of the molecule is Cc1nc(C(C)NCCC(=O)N2CCOCC2)cs1. The lowest BCUT2D eigenvalue weighted by atomic mass is 10.2. The fourth-order valence-corrected chi connectivity index (χ4v) is 2.76. The zero-order valence-corrected chi connectivity index (χ0v) is 12.3. The van der Waals surface area contributed by atoms with E-state index in [1.165, 1.54) is 0 Å². The Hall–Kier alpha value is -0.980. The van der Waals surface area contributed by atoms with Crippen molar-refractivity contribution in [2.45, 2.75) is 26.3 Å². The Labute approximate surface area is 118 Å². The van der Waals surface area contributed by atoms with Crippen LogP contribution in [0, 0.1) is 6.92 Å². The molecule has 106 valence electrons. The lowest BCUT2D eigenvalue weighted by Gasteiger charge is -2.27. The largest absolute Gasteiger partial charge is 0.378 e. The number of aryl methyl sites for hydroxylation is 1. The van der Waals surface area contributed by atoms with Gasteiger partial charge in [-0.15, -0.1) is 11.3 Å². The summed E-state index contributed by atoms with van der Waals surface area (Å²) in [5.74, 6) is 0.206. The van der Waals surface area contributed by atoms with Gasteiger partial charge in [0.15, 0.2) is 0 Å². The van der Waals surface area contributed by atoms with Crippen LogP contribution in [0.5, 0.6) is 0 Å². The maximum Gasteiger partial charge on any atom is 0.224 e. The molecule has 1 unspecified atom stereocenters. The third-order valence-corrected chi connectivity index (χ3v) is 4.03. The normalized spacial score (nSPS) is 17.5. The molecule has 1 aromatic heterocycles. The van der Waals surface area contributed by atoms with Crippen molar-refractivity contribution in [1.82, 2.24) is 15.2 Å². The summed E-state index contributed by atoms with van der Waals surface area (Å²) in [4.78, 5) is 18.3. The van der Waals surface area contributed by atoms with Crippen molar-refractivity contribution < 1.29 is 9.53 Å². The van der Waals surface area contributed by atoms with Gasteiger partial charge in [-0.05, 0) is 13.8 Å². The van der Waals surface area contributed by atoms with Crippen LogP contribution in [0.1, 0.15) is 30.1 Å². The molecule has 5 nitrogen and oxygen atoms in total. The average molecular weight is 283 g/mol. The Morgan fingerprint density at radius 3 is 2.95 bits per heavy atom. The molecule has 0 saturated carbocycles. The molecule has 1 amide bonds. The Morgan fingerprint density at radius 2 is 2.32 bits per heavy atom. The van der Waals surface area contributed by atoms with Gasteiger partial charge in [0.2, 0.25) is 5.91 Å². The van der Waals surface area contributed by atoms with Gasteiger partial charge in [-0.2, -0.15) is 0 Å². The van der Waals surface area contributed by atoms with Crippen molar-refractivity contribution in [2.24, 2.45) is 0 Å². The van der Waals surface area contributed by atoms with Gasteiger partial charge >= 0.3 is 0 Å². The maximum atomic E-state index is 11.9. The number of nitrogens with one attached hydrogen (secondary N) is 1. The van der Waals surface area contributed by atoms with Gasteiger partial charge in [0.05, 0.1) is 23.9 Å². The van der Waals surface area contributed by atoms with Crippen LogP contribution in [0.4, 0.5) is 0 Å². The minimum absolute atomic E-state index is 0.197. The lowest BCUT2D eigenvalue weighted by Crippen LogP contribution is -2.41. The highest BCUT2D eigenvalue weighted by Crippen LogP contribution is 2.15. The summed E-state index contributed by atoms with van der Waals surface area (Å²) < 4.78 is 5.24. The fraction of sp³-hybridized carbons (Fsp3) is 0.692. The van der Waals surface area contributed by atoms with Gasteiger partial charge in [-0.3, -0.25) is 4.79 Å². The molecule has 0 spiro atoms. The molecule has 1 aromatic rings. The molecule has 2 rings (SSSR count). The first-order valence-electron chi connectivity index (χ1n) is 6.68. The van der Waals surface area contributed by atoms with Crippen LogP contribution >= 0.6 is 11.3 Å². The van der Waals surface area contributed by atoms with Crippen molar-refractivity contribution in [3.05, 3.63) is 16.1 Å². The molecule has 0 bridgehead atoms. The van der Waals surface area contributed by atoms with Crippen molar-refractivity contribution in [3.63, 3.8) is 0 Å². The van der Waals surface area contributed by atoms with E-state index >= 15 is 0 Å².